The minimum absolute atomic E-state index is 0.128. The van der Waals surface area contributed by atoms with Crippen molar-refractivity contribution in [2.45, 2.75) is 38.6 Å². The van der Waals surface area contributed by atoms with Crippen molar-refractivity contribution in [1.29, 1.82) is 5.41 Å². The molecule has 4 unspecified atom stereocenters. The molecule has 2 N–H and O–H groups in total. The number of halogens is 2. The van der Waals surface area contributed by atoms with Gasteiger partial charge >= 0.3 is 6.03 Å². The fraction of sp³-hybridized carbons (Fsp3) is 0.433. The van der Waals surface area contributed by atoms with E-state index in [2.05, 4.69) is 18.3 Å². The van der Waals surface area contributed by atoms with E-state index >= 15 is 0 Å². The monoisotopic (exact) mass is 520 g/mol. The summed E-state index contributed by atoms with van der Waals surface area (Å²) in [5.41, 5.74) is 3.54. The van der Waals surface area contributed by atoms with Crippen LogP contribution in [0, 0.1) is 34.3 Å². The molecule has 1 saturated heterocycles. The van der Waals surface area contributed by atoms with Gasteiger partial charge < -0.3 is 20.4 Å². The number of benzene rings is 2. The number of aliphatic imine (C=N–C) groups is 1. The van der Waals surface area contributed by atoms with Crippen LogP contribution in [0.2, 0.25) is 0 Å². The van der Waals surface area contributed by atoms with Gasteiger partial charge in [0.15, 0.2) is 0 Å². The Morgan fingerprint density at radius 2 is 1.82 bits per heavy atom. The Morgan fingerprint density at radius 1 is 1.16 bits per heavy atom. The molecule has 0 bridgehead atoms. The molecule has 4 atom stereocenters. The molecule has 3 aliphatic rings. The van der Waals surface area contributed by atoms with Gasteiger partial charge in [-0.05, 0) is 85.1 Å². The van der Waals surface area contributed by atoms with E-state index in [0.717, 1.165) is 30.5 Å². The van der Waals surface area contributed by atoms with E-state index in [4.69, 9.17) is 15.1 Å². The van der Waals surface area contributed by atoms with Crippen molar-refractivity contribution in [1.82, 2.24) is 10.2 Å². The lowest BCUT2D eigenvalue weighted by molar-refractivity contribution is 0.0520. The third-order valence-corrected chi connectivity index (χ3v) is 8.42. The van der Waals surface area contributed by atoms with Crippen LogP contribution in [0.1, 0.15) is 44.2 Å². The average molecular weight is 521 g/mol. The van der Waals surface area contributed by atoms with Crippen LogP contribution >= 0.6 is 0 Å². The van der Waals surface area contributed by atoms with Crippen molar-refractivity contribution in [3.8, 4) is 0 Å². The van der Waals surface area contributed by atoms with Crippen molar-refractivity contribution in [3.63, 3.8) is 0 Å². The highest BCUT2D eigenvalue weighted by atomic mass is 19.1. The van der Waals surface area contributed by atoms with Gasteiger partial charge in [0.05, 0.1) is 24.9 Å². The SMILES string of the molecule is CC12CC(C=N)C(=Nc3ccc(F)cc3)C=C1CCC2CC(NC(=O)N1CCOCC1)c1ccc(F)cc1. The molecular weight excluding hydrogens is 486 g/mol. The van der Waals surface area contributed by atoms with Gasteiger partial charge in [0, 0.05) is 30.9 Å². The number of fused-ring (bicyclic) bond motifs is 1. The number of carbonyl (C=O) groups excluding carboxylic acids is 1. The highest BCUT2D eigenvalue weighted by Crippen LogP contribution is 2.56. The second-order valence-electron chi connectivity index (χ2n) is 10.7. The maximum atomic E-state index is 13.7. The molecule has 2 aromatic rings. The molecule has 2 amide bonds. The van der Waals surface area contributed by atoms with E-state index in [-0.39, 0.29) is 41.0 Å². The number of morpholine rings is 1. The average Bonchev–Trinajstić information content (AvgIpc) is 3.24. The maximum absolute atomic E-state index is 13.7. The maximum Gasteiger partial charge on any atom is 0.318 e. The smallest absolute Gasteiger partial charge is 0.318 e. The fourth-order valence-corrected chi connectivity index (χ4v) is 6.14. The van der Waals surface area contributed by atoms with Crippen LogP contribution in [0.15, 0.2) is 65.2 Å². The molecular formula is C30H34F2N4O2. The van der Waals surface area contributed by atoms with Gasteiger partial charge in [-0.25, -0.2) is 13.6 Å². The van der Waals surface area contributed by atoms with Crippen molar-refractivity contribution < 1.29 is 18.3 Å². The minimum Gasteiger partial charge on any atom is -0.378 e. The Kier molecular flexibility index (Phi) is 7.70. The zero-order chi connectivity index (χ0) is 26.7. The molecule has 38 heavy (non-hydrogen) atoms. The quantitative estimate of drug-likeness (QED) is 0.444. The number of nitrogens with zero attached hydrogens (tertiary/aromatic N) is 2. The first-order valence-electron chi connectivity index (χ1n) is 13.3. The molecule has 2 aromatic carbocycles. The predicted octanol–water partition coefficient (Wildman–Crippen LogP) is 6.22. The second-order valence-corrected chi connectivity index (χ2v) is 10.7. The topological polar surface area (TPSA) is 77.8 Å². The first-order valence-corrected chi connectivity index (χ1v) is 13.3. The third-order valence-electron chi connectivity index (χ3n) is 8.42. The third kappa shape index (κ3) is 5.55. The van der Waals surface area contributed by atoms with E-state index in [9.17, 15) is 13.6 Å². The Bertz CT molecular complexity index is 1220. The molecule has 1 aliphatic heterocycles. The van der Waals surface area contributed by atoms with Crippen LogP contribution in [0.4, 0.5) is 19.3 Å². The first kappa shape index (κ1) is 26.2. The van der Waals surface area contributed by atoms with Gasteiger partial charge in [-0.15, -0.1) is 0 Å². The predicted molar refractivity (Wildman–Crippen MR) is 144 cm³/mol. The van der Waals surface area contributed by atoms with Crippen molar-refractivity contribution >= 4 is 23.6 Å². The summed E-state index contributed by atoms with van der Waals surface area (Å²) in [7, 11) is 0. The van der Waals surface area contributed by atoms with Crippen LogP contribution in [0.25, 0.3) is 0 Å². The molecule has 1 saturated carbocycles. The molecule has 8 heteroatoms. The standard InChI is InChI=1S/C30H34F2N4O2/c1-30-18-21(19-33)28(34-26-10-8-25(32)9-11-26)17-23(30)5-4-22(30)16-27(20-2-6-24(31)7-3-20)35-29(37)36-12-14-38-15-13-36/h2-3,6-11,17,19,21-22,27,33H,4-5,12-16,18H2,1H3,(H,35,37). The number of hydrogen-bond donors (Lipinski definition) is 2. The van der Waals surface area contributed by atoms with Gasteiger partial charge in [-0.1, -0.05) is 24.6 Å². The molecule has 5 rings (SSSR count). The number of nitrogens with one attached hydrogen (secondary N) is 2. The Balaban J connectivity index is 1.39. The van der Waals surface area contributed by atoms with Crippen LogP contribution in [-0.2, 0) is 4.74 Å². The Morgan fingerprint density at radius 3 is 2.47 bits per heavy atom. The summed E-state index contributed by atoms with van der Waals surface area (Å²) in [6.07, 6.45) is 6.92. The highest BCUT2D eigenvalue weighted by Gasteiger charge is 2.47. The van der Waals surface area contributed by atoms with Crippen molar-refractivity contribution in [2.75, 3.05) is 26.3 Å². The molecule has 1 heterocycles. The highest BCUT2D eigenvalue weighted by molar-refractivity contribution is 6.08. The largest absolute Gasteiger partial charge is 0.378 e. The van der Waals surface area contributed by atoms with E-state index < -0.39 is 0 Å². The zero-order valence-corrected chi connectivity index (χ0v) is 21.6. The molecule has 2 fully saturated rings. The number of carbonyl (C=O) groups is 1. The van der Waals surface area contributed by atoms with E-state index in [1.54, 1.807) is 29.2 Å². The Labute approximate surface area is 222 Å². The first-order chi connectivity index (χ1) is 18.4. The van der Waals surface area contributed by atoms with E-state index in [0.29, 0.717) is 38.4 Å². The van der Waals surface area contributed by atoms with Crippen LogP contribution in [-0.4, -0.2) is 49.2 Å². The number of ether oxygens (including phenoxy) is 1. The molecule has 6 nitrogen and oxygen atoms in total. The molecule has 200 valence electrons. The van der Waals surface area contributed by atoms with Crippen LogP contribution in [0.5, 0.6) is 0 Å². The normalized spacial score (nSPS) is 27.0. The number of rotatable bonds is 6. The van der Waals surface area contributed by atoms with Crippen molar-refractivity contribution in [2.24, 2.45) is 22.2 Å². The van der Waals surface area contributed by atoms with Gasteiger partial charge in [0.2, 0.25) is 0 Å². The summed E-state index contributed by atoms with van der Waals surface area (Å²) in [5.74, 6) is -0.494. The summed E-state index contributed by atoms with van der Waals surface area (Å²) < 4.78 is 32.5. The van der Waals surface area contributed by atoms with Crippen LogP contribution in [0.3, 0.4) is 0 Å². The lowest BCUT2D eigenvalue weighted by Crippen LogP contribution is -2.47. The Hall–Kier alpha value is -3.39. The summed E-state index contributed by atoms with van der Waals surface area (Å²) in [5, 5.41) is 11.4. The van der Waals surface area contributed by atoms with Crippen molar-refractivity contribution in [3.05, 3.63) is 77.4 Å². The van der Waals surface area contributed by atoms with Gasteiger partial charge in [-0.2, -0.15) is 0 Å². The van der Waals surface area contributed by atoms with Gasteiger partial charge in [-0.3, -0.25) is 4.99 Å². The van der Waals surface area contributed by atoms with Gasteiger partial charge in [0.1, 0.15) is 11.6 Å². The number of amides is 2. The zero-order valence-electron chi connectivity index (χ0n) is 21.6. The fourth-order valence-electron chi connectivity index (χ4n) is 6.14. The minimum atomic E-state index is -0.306. The second kappa shape index (κ2) is 11.2. The number of urea groups is 1. The molecule has 2 aliphatic carbocycles. The number of hydrogen-bond acceptors (Lipinski definition) is 4. The van der Waals surface area contributed by atoms with E-state index in [1.807, 2.05) is 0 Å². The lowest BCUT2D eigenvalue weighted by Gasteiger charge is -2.40. The summed E-state index contributed by atoms with van der Waals surface area (Å²) in [6.45, 7) is 4.40. The van der Waals surface area contributed by atoms with Crippen LogP contribution < -0.4 is 5.32 Å². The lowest BCUT2D eigenvalue weighted by atomic mass is 9.65. The molecule has 0 radical (unpaired) electrons. The van der Waals surface area contributed by atoms with E-state index in [1.165, 1.54) is 36.1 Å². The van der Waals surface area contributed by atoms with Gasteiger partial charge in [0.25, 0.3) is 0 Å². The summed E-state index contributed by atoms with van der Waals surface area (Å²) >= 11 is 0. The molecule has 0 spiro atoms. The molecule has 0 aromatic heterocycles. The summed E-state index contributed by atoms with van der Waals surface area (Å²) in [6, 6.07) is 12.1. The summed E-state index contributed by atoms with van der Waals surface area (Å²) in [4.78, 5) is 19.6. The number of allylic oxidation sites excluding steroid dienone is 2.